The molecule has 1 N–H and O–H groups in total. The number of H-pyrrole nitrogens is 1. The Labute approximate surface area is 188 Å². The van der Waals surface area contributed by atoms with Crippen molar-refractivity contribution in [3.05, 3.63) is 75.5 Å². The van der Waals surface area contributed by atoms with Crippen LogP contribution in [0.3, 0.4) is 0 Å². The summed E-state index contributed by atoms with van der Waals surface area (Å²) < 4.78 is 26.9. The van der Waals surface area contributed by atoms with E-state index in [9.17, 15) is 28.5 Å². The molecule has 0 fully saturated rings. The first-order valence-electron chi connectivity index (χ1n) is 10.2. The summed E-state index contributed by atoms with van der Waals surface area (Å²) in [7, 11) is 4.89. The van der Waals surface area contributed by atoms with Gasteiger partial charge in [-0.05, 0) is 56.3 Å². The van der Waals surface area contributed by atoms with Gasteiger partial charge in [0.15, 0.2) is 0 Å². The summed E-state index contributed by atoms with van der Waals surface area (Å²) in [5.74, 6) is -1.50. The van der Waals surface area contributed by atoms with E-state index in [4.69, 9.17) is 0 Å². The largest absolute Gasteiger partial charge is 0.361 e. The zero-order valence-electron chi connectivity index (χ0n) is 18.4. The Morgan fingerprint density at radius 3 is 2.36 bits per heavy atom. The number of nitro benzene ring substituents is 1. The topological polar surface area (TPSA) is 99.6 Å². The minimum atomic E-state index is -0.781. The van der Waals surface area contributed by atoms with Crippen LogP contribution in [-0.4, -0.2) is 65.1 Å². The van der Waals surface area contributed by atoms with Gasteiger partial charge in [0.1, 0.15) is 17.9 Å². The second-order valence-corrected chi connectivity index (χ2v) is 8.09. The smallest absolute Gasteiger partial charge is 0.281 e. The molecule has 0 aliphatic heterocycles. The normalized spacial score (nSPS) is 13.2. The Morgan fingerprint density at radius 2 is 1.79 bits per heavy atom. The summed E-state index contributed by atoms with van der Waals surface area (Å²) in [6.07, 6.45) is 2.50. The lowest BCUT2D eigenvalue weighted by atomic mass is 10.0. The molecule has 174 valence electrons. The maximum Gasteiger partial charge on any atom is 0.281 e. The second-order valence-electron chi connectivity index (χ2n) is 8.09. The molecule has 0 spiro atoms. The zero-order valence-corrected chi connectivity index (χ0v) is 18.4. The summed E-state index contributed by atoms with van der Waals surface area (Å²) in [6.45, 7) is 0. The average molecular weight is 458 g/mol. The standard InChI is InChI=1S/C23H24F2N4O4/c1-27(2)21(9-15-12-26-19-10-17(25)11-20(22(15)19)29(32)33)23(31)28(3)18(13-30)8-14-4-6-16(24)7-5-14/h4-7,10-13,18,21,26H,8-9H2,1-3H3. The number of amides is 1. The lowest BCUT2D eigenvalue weighted by Crippen LogP contribution is -2.50. The van der Waals surface area contributed by atoms with Crippen LogP contribution < -0.4 is 0 Å². The minimum Gasteiger partial charge on any atom is -0.361 e. The number of aromatic amines is 1. The number of hydrogen-bond acceptors (Lipinski definition) is 5. The summed E-state index contributed by atoms with van der Waals surface area (Å²) in [4.78, 5) is 41.7. The Balaban J connectivity index is 1.88. The molecule has 2 aromatic carbocycles. The fourth-order valence-corrected chi connectivity index (χ4v) is 3.82. The summed E-state index contributed by atoms with van der Waals surface area (Å²) >= 11 is 0. The highest BCUT2D eigenvalue weighted by Gasteiger charge is 2.30. The van der Waals surface area contributed by atoms with E-state index in [1.54, 1.807) is 31.1 Å². The molecule has 2 unspecified atom stereocenters. The van der Waals surface area contributed by atoms with Gasteiger partial charge in [0.05, 0.1) is 34.0 Å². The summed E-state index contributed by atoms with van der Waals surface area (Å²) in [6, 6.07) is 6.17. The molecule has 8 nitrogen and oxygen atoms in total. The maximum absolute atomic E-state index is 13.8. The number of rotatable bonds is 9. The third-order valence-electron chi connectivity index (χ3n) is 5.68. The molecule has 0 saturated heterocycles. The molecule has 0 radical (unpaired) electrons. The van der Waals surface area contributed by atoms with Crippen LogP contribution in [0.2, 0.25) is 0 Å². The number of fused-ring (bicyclic) bond motifs is 1. The first kappa shape index (κ1) is 24.0. The van der Waals surface area contributed by atoms with E-state index in [0.717, 1.165) is 12.1 Å². The molecule has 33 heavy (non-hydrogen) atoms. The van der Waals surface area contributed by atoms with E-state index in [0.29, 0.717) is 17.4 Å². The van der Waals surface area contributed by atoms with Crippen LogP contribution >= 0.6 is 0 Å². The van der Waals surface area contributed by atoms with Crippen LogP contribution in [0.4, 0.5) is 14.5 Å². The first-order chi connectivity index (χ1) is 15.6. The van der Waals surface area contributed by atoms with Gasteiger partial charge in [-0.3, -0.25) is 19.8 Å². The highest BCUT2D eigenvalue weighted by Crippen LogP contribution is 2.31. The highest BCUT2D eigenvalue weighted by atomic mass is 19.1. The number of nitrogens with one attached hydrogen (secondary N) is 1. The van der Waals surface area contributed by atoms with Crippen LogP contribution in [0.15, 0.2) is 42.6 Å². The minimum absolute atomic E-state index is 0.102. The Kier molecular flexibility index (Phi) is 7.17. The maximum atomic E-state index is 13.8. The van der Waals surface area contributed by atoms with Gasteiger partial charge >= 0.3 is 0 Å². The summed E-state index contributed by atoms with van der Waals surface area (Å²) in [5.41, 5.74) is 1.06. The van der Waals surface area contributed by atoms with Crippen molar-refractivity contribution in [1.82, 2.24) is 14.8 Å². The number of nitrogens with zero attached hydrogens (tertiary/aromatic N) is 3. The highest BCUT2D eigenvalue weighted by molar-refractivity contribution is 5.93. The average Bonchev–Trinajstić information content (AvgIpc) is 3.17. The van der Waals surface area contributed by atoms with E-state index in [1.165, 1.54) is 30.3 Å². The monoisotopic (exact) mass is 458 g/mol. The van der Waals surface area contributed by atoms with Crippen LogP contribution in [0, 0.1) is 21.7 Å². The number of benzene rings is 2. The van der Waals surface area contributed by atoms with Gasteiger partial charge < -0.3 is 14.7 Å². The van der Waals surface area contributed by atoms with Crippen molar-refractivity contribution in [2.24, 2.45) is 0 Å². The van der Waals surface area contributed by atoms with Crippen molar-refractivity contribution in [2.45, 2.75) is 24.9 Å². The molecule has 1 heterocycles. The van der Waals surface area contributed by atoms with Crippen molar-refractivity contribution in [2.75, 3.05) is 21.1 Å². The van der Waals surface area contributed by atoms with E-state index in [1.807, 2.05) is 0 Å². The first-order valence-corrected chi connectivity index (χ1v) is 10.2. The number of nitro groups is 1. The quantitative estimate of drug-likeness (QED) is 0.302. The van der Waals surface area contributed by atoms with Gasteiger partial charge in [-0.2, -0.15) is 0 Å². The molecule has 3 rings (SSSR count). The third-order valence-corrected chi connectivity index (χ3v) is 5.68. The molecule has 10 heteroatoms. The second kappa shape index (κ2) is 9.86. The number of hydrogen-bond donors (Lipinski definition) is 1. The van der Waals surface area contributed by atoms with E-state index < -0.39 is 28.6 Å². The predicted octanol–water partition coefficient (Wildman–Crippen LogP) is 3.10. The van der Waals surface area contributed by atoms with Crippen LogP contribution in [0.1, 0.15) is 11.1 Å². The van der Waals surface area contributed by atoms with Gasteiger partial charge in [-0.1, -0.05) is 12.1 Å². The van der Waals surface area contributed by atoms with Gasteiger partial charge in [-0.25, -0.2) is 8.78 Å². The molecule has 0 aliphatic carbocycles. The number of aromatic nitrogens is 1. The van der Waals surface area contributed by atoms with E-state index >= 15 is 0 Å². The molecule has 0 bridgehead atoms. The fraction of sp³-hybridized carbons (Fsp3) is 0.304. The number of carbonyl (C=O) groups excluding carboxylic acids is 2. The van der Waals surface area contributed by atoms with Gasteiger partial charge in [-0.15, -0.1) is 0 Å². The molecule has 3 aromatic rings. The van der Waals surface area contributed by atoms with Crippen molar-refractivity contribution >= 4 is 28.8 Å². The Hall–Kier alpha value is -3.66. The molecular formula is C23H24F2N4O4. The Morgan fingerprint density at radius 1 is 1.12 bits per heavy atom. The van der Waals surface area contributed by atoms with E-state index in [2.05, 4.69) is 4.98 Å². The number of aldehydes is 1. The van der Waals surface area contributed by atoms with E-state index in [-0.39, 0.29) is 35.3 Å². The number of likely N-dealkylation sites (N-methyl/N-ethyl adjacent to an activating group) is 2. The number of halogens is 2. The molecule has 0 aliphatic rings. The van der Waals surface area contributed by atoms with Crippen LogP contribution in [0.25, 0.3) is 10.9 Å². The van der Waals surface area contributed by atoms with Crippen molar-refractivity contribution < 1.29 is 23.3 Å². The number of non-ortho nitro benzene ring substituents is 1. The summed E-state index contributed by atoms with van der Waals surface area (Å²) in [5, 5.41) is 11.7. The molecular weight excluding hydrogens is 434 g/mol. The molecule has 1 amide bonds. The van der Waals surface area contributed by atoms with Crippen molar-refractivity contribution in [3.8, 4) is 0 Å². The fourth-order valence-electron chi connectivity index (χ4n) is 3.82. The van der Waals surface area contributed by atoms with Gasteiger partial charge in [0, 0.05) is 13.2 Å². The Bertz CT molecular complexity index is 1180. The lowest BCUT2D eigenvalue weighted by Gasteiger charge is -2.31. The van der Waals surface area contributed by atoms with Crippen molar-refractivity contribution in [3.63, 3.8) is 0 Å². The van der Waals surface area contributed by atoms with Gasteiger partial charge in [0.2, 0.25) is 5.91 Å². The number of carbonyl (C=O) groups is 2. The lowest BCUT2D eigenvalue weighted by molar-refractivity contribution is -0.383. The molecule has 1 aromatic heterocycles. The molecule has 0 saturated carbocycles. The van der Waals surface area contributed by atoms with Gasteiger partial charge in [0.25, 0.3) is 5.69 Å². The van der Waals surface area contributed by atoms with Crippen LogP contribution in [-0.2, 0) is 22.4 Å². The zero-order chi connectivity index (χ0) is 24.3. The van der Waals surface area contributed by atoms with Crippen LogP contribution in [0.5, 0.6) is 0 Å². The third kappa shape index (κ3) is 5.23. The predicted molar refractivity (Wildman–Crippen MR) is 119 cm³/mol. The molecule has 2 atom stereocenters. The SMILES string of the molecule is CN(C)C(Cc1c[nH]c2cc(F)cc([N+](=O)[O-])c12)C(=O)N(C)C(C=O)Cc1ccc(F)cc1. The van der Waals surface area contributed by atoms with Crippen molar-refractivity contribution in [1.29, 1.82) is 0 Å².